The Hall–Kier alpha value is -1.79. The SMILES string of the molecule is CC(C)(C)OC(=O)N1CC(C(=O)NC(=N)c2ccc(Cl)cc2Cl)C1. The number of halogens is 2. The zero-order valence-electron chi connectivity index (χ0n) is 13.7. The Morgan fingerprint density at radius 3 is 2.46 bits per heavy atom. The Kier molecular flexibility index (Phi) is 5.40. The van der Waals surface area contributed by atoms with Crippen LogP contribution in [0.4, 0.5) is 4.79 Å². The molecule has 0 saturated carbocycles. The predicted molar refractivity (Wildman–Crippen MR) is 92.7 cm³/mol. The van der Waals surface area contributed by atoms with Gasteiger partial charge >= 0.3 is 6.09 Å². The summed E-state index contributed by atoms with van der Waals surface area (Å²) in [6.07, 6.45) is -0.442. The zero-order chi connectivity index (χ0) is 18.1. The second kappa shape index (κ2) is 6.99. The third-order valence-electron chi connectivity index (χ3n) is 3.35. The molecule has 1 saturated heterocycles. The van der Waals surface area contributed by atoms with Gasteiger partial charge in [0, 0.05) is 23.7 Å². The lowest BCUT2D eigenvalue weighted by Crippen LogP contribution is -2.57. The van der Waals surface area contributed by atoms with Crippen molar-refractivity contribution in [2.45, 2.75) is 26.4 Å². The van der Waals surface area contributed by atoms with E-state index < -0.39 is 11.7 Å². The average molecular weight is 372 g/mol. The van der Waals surface area contributed by atoms with E-state index >= 15 is 0 Å². The quantitative estimate of drug-likeness (QED) is 0.617. The van der Waals surface area contributed by atoms with Crippen LogP contribution in [0.25, 0.3) is 0 Å². The van der Waals surface area contributed by atoms with E-state index in [9.17, 15) is 9.59 Å². The number of hydrogen-bond acceptors (Lipinski definition) is 4. The molecule has 0 bridgehead atoms. The molecule has 0 aliphatic carbocycles. The number of nitrogens with one attached hydrogen (secondary N) is 2. The fourth-order valence-electron chi connectivity index (χ4n) is 2.10. The number of amidine groups is 1. The highest BCUT2D eigenvalue weighted by Crippen LogP contribution is 2.22. The van der Waals surface area contributed by atoms with Gasteiger partial charge in [0.25, 0.3) is 0 Å². The van der Waals surface area contributed by atoms with Gasteiger partial charge in [-0.05, 0) is 39.0 Å². The van der Waals surface area contributed by atoms with Gasteiger partial charge in [-0.15, -0.1) is 0 Å². The Bertz CT molecular complexity index is 680. The minimum atomic E-state index is -0.572. The van der Waals surface area contributed by atoms with Crippen LogP contribution in [0.2, 0.25) is 10.0 Å². The highest BCUT2D eigenvalue weighted by atomic mass is 35.5. The van der Waals surface area contributed by atoms with Gasteiger partial charge in [-0.1, -0.05) is 23.2 Å². The zero-order valence-corrected chi connectivity index (χ0v) is 15.2. The predicted octanol–water partition coefficient (Wildman–Crippen LogP) is 3.30. The molecule has 1 fully saturated rings. The Balaban J connectivity index is 1.86. The minimum Gasteiger partial charge on any atom is -0.444 e. The summed E-state index contributed by atoms with van der Waals surface area (Å²) in [7, 11) is 0. The minimum absolute atomic E-state index is 0.0996. The van der Waals surface area contributed by atoms with E-state index in [1.54, 1.807) is 32.9 Å². The number of benzene rings is 1. The summed E-state index contributed by atoms with van der Waals surface area (Å²) in [6, 6.07) is 4.67. The molecule has 24 heavy (non-hydrogen) atoms. The van der Waals surface area contributed by atoms with Crippen LogP contribution in [-0.2, 0) is 9.53 Å². The molecule has 2 rings (SSSR count). The Morgan fingerprint density at radius 2 is 1.92 bits per heavy atom. The van der Waals surface area contributed by atoms with Crippen LogP contribution < -0.4 is 5.32 Å². The first kappa shape index (κ1) is 18.5. The van der Waals surface area contributed by atoms with E-state index in [4.69, 9.17) is 33.3 Å². The van der Waals surface area contributed by atoms with E-state index in [1.165, 1.54) is 11.0 Å². The molecule has 1 aromatic carbocycles. The number of amides is 2. The third-order valence-corrected chi connectivity index (χ3v) is 3.90. The summed E-state index contributed by atoms with van der Waals surface area (Å²) in [6.45, 7) is 5.88. The summed E-state index contributed by atoms with van der Waals surface area (Å²) in [5.74, 6) is -0.799. The van der Waals surface area contributed by atoms with E-state index in [1.807, 2.05) is 0 Å². The van der Waals surface area contributed by atoms with Crippen LogP contribution in [0.3, 0.4) is 0 Å². The van der Waals surface area contributed by atoms with E-state index in [2.05, 4.69) is 5.32 Å². The lowest BCUT2D eigenvalue weighted by molar-refractivity contribution is -0.128. The molecule has 0 radical (unpaired) electrons. The molecule has 130 valence electrons. The van der Waals surface area contributed by atoms with Crippen molar-refractivity contribution in [3.63, 3.8) is 0 Å². The summed E-state index contributed by atoms with van der Waals surface area (Å²) >= 11 is 11.8. The van der Waals surface area contributed by atoms with Crippen LogP contribution in [0.5, 0.6) is 0 Å². The molecular weight excluding hydrogens is 353 g/mol. The number of hydrogen-bond donors (Lipinski definition) is 2. The van der Waals surface area contributed by atoms with Gasteiger partial charge in [-0.25, -0.2) is 4.79 Å². The molecule has 2 amide bonds. The second-order valence-electron chi connectivity index (χ2n) is 6.57. The molecular formula is C16H19Cl2N3O3. The third kappa shape index (κ3) is 4.61. The Labute approximate surface area is 150 Å². The standard InChI is InChI=1S/C16H19Cl2N3O3/c1-16(2,3)24-15(23)21-7-9(8-21)14(22)20-13(19)11-5-4-10(17)6-12(11)18/h4-6,9H,7-8H2,1-3H3,(H2,19,20,22). The first-order valence-corrected chi connectivity index (χ1v) is 8.15. The normalized spacial score (nSPS) is 14.8. The highest BCUT2D eigenvalue weighted by molar-refractivity contribution is 6.37. The van der Waals surface area contributed by atoms with Gasteiger partial charge in [-0.2, -0.15) is 0 Å². The smallest absolute Gasteiger partial charge is 0.410 e. The largest absolute Gasteiger partial charge is 0.444 e. The highest BCUT2D eigenvalue weighted by Gasteiger charge is 2.38. The molecule has 1 heterocycles. The van der Waals surface area contributed by atoms with Gasteiger partial charge in [0.2, 0.25) is 5.91 Å². The van der Waals surface area contributed by atoms with Crippen LogP contribution >= 0.6 is 23.2 Å². The van der Waals surface area contributed by atoms with Crippen LogP contribution in [0.1, 0.15) is 26.3 Å². The maximum atomic E-state index is 12.1. The van der Waals surface area contributed by atoms with E-state index in [-0.39, 0.29) is 35.8 Å². The number of carbonyl (C=O) groups is 2. The average Bonchev–Trinajstić information content (AvgIpc) is 2.33. The number of carbonyl (C=O) groups excluding carboxylic acids is 2. The molecule has 1 aliphatic rings. The van der Waals surface area contributed by atoms with Gasteiger partial charge in [-0.3, -0.25) is 10.2 Å². The van der Waals surface area contributed by atoms with Gasteiger partial charge in [0.05, 0.1) is 10.9 Å². The topological polar surface area (TPSA) is 82.5 Å². The van der Waals surface area contributed by atoms with Crippen molar-refractivity contribution in [2.24, 2.45) is 5.92 Å². The number of nitrogens with zero attached hydrogens (tertiary/aromatic N) is 1. The van der Waals surface area contributed by atoms with Crippen molar-refractivity contribution in [3.8, 4) is 0 Å². The number of ether oxygens (including phenoxy) is 1. The second-order valence-corrected chi connectivity index (χ2v) is 7.41. The maximum absolute atomic E-state index is 12.1. The van der Waals surface area contributed by atoms with Gasteiger partial charge < -0.3 is 15.0 Å². The first-order valence-electron chi connectivity index (χ1n) is 7.39. The molecule has 1 aromatic rings. The summed E-state index contributed by atoms with van der Waals surface area (Å²) in [4.78, 5) is 25.4. The van der Waals surface area contributed by atoms with Crippen molar-refractivity contribution < 1.29 is 14.3 Å². The van der Waals surface area contributed by atoms with Crippen molar-refractivity contribution in [2.75, 3.05) is 13.1 Å². The molecule has 0 spiro atoms. The first-order chi connectivity index (χ1) is 11.1. The molecule has 2 N–H and O–H groups in total. The van der Waals surface area contributed by atoms with Gasteiger partial charge in [0.1, 0.15) is 11.4 Å². The summed E-state index contributed by atoms with van der Waals surface area (Å²) < 4.78 is 5.23. The maximum Gasteiger partial charge on any atom is 0.410 e. The van der Waals surface area contributed by atoms with Crippen LogP contribution in [0, 0.1) is 11.3 Å². The lowest BCUT2D eigenvalue weighted by atomic mass is 9.99. The fraction of sp³-hybridized carbons (Fsp3) is 0.438. The molecule has 8 heteroatoms. The van der Waals surface area contributed by atoms with Crippen molar-refractivity contribution in [3.05, 3.63) is 33.8 Å². The van der Waals surface area contributed by atoms with Crippen molar-refractivity contribution in [1.82, 2.24) is 10.2 Å². The van der Waals surface area contributed by atoms with Crippen molar-refractivity contribution >= 4 is 41.0 Å². The molecule has 0 atom stereocenters. The molecule has 0 aromatic heterocycles. The molecule has 1 aliphatic heterocycles. The fourth-order valence-corrected chi connectivity index (χ4v) is 2.61. The number of rotatable bonds is 2. The van der Waals surface area contributed by atoms with Gasteiger partial charge in [0.15, 0.2) is 0 Å². The molecule has 0 unspecified atom stereocenters. The van der Waals surface area contributed by atoms with Crippen LogP contribution in [0.15, 0.2) is 18.2 Å². The summed E-state index contributed by atoms with van der Waals surface area (Å²) in [5.41, 5.74) is -0.185. The molecule has 6 nitrogen and oxygen atoms in total. The monoisotopic (exact) mass is 371 g/mol. The van der Waals surface area contributed by atoms with E-state index in [0.717, 1.165) is 0 Å². The number of likely N-dealkylation sites (tertiary alicyclic amines) is 1. The lowest BCUT2D eigenvalue weighted by Gasteiger charge is -2.38. The van der Waals surface area contributed by atoms with Crippen LogP contribution in [-0.4, -0.2) is 41.4 Å². The van der Waals surface area contributed by atoms with Crippen molar-refractivity contribution in [1.29, 1.82) is 5.41 Å². The Morgan fingerprint density at radius 1 is 1.29 bits per heavy atom. The van der Waals surface area contributed by atoms with E-state index in [0.29, 0.717) is 10.6 Å². The summed E-state index contributed by atoms with van der Waals surface area (Å²) in [5, 5.41) is 11.2.